The molecule has 0 aliphatic heterocycles. The SMILES string of the molecule is CCC(NC(=O)CCc1nc(-c2cccnc2)no1)c1ccc(C)cc1. The number of benzene rings is 1. The Morgan fingerprint density at radius 1 is 1.23 bits per heavy atom. The van der Waals surface area contributed by atoms with Crippen LogP contribution in [0.4, 0.5) is 0 Å². The van der Waals surface area contributed by atoms with Crippen LogP contribution in [0, 0.1) is 6.92 Å². The minimum Gasteiger partial charge on any atom is -0.349 e. The Hall–Kier alpha value is -3.02. The van der Waals surface area contributed by atoms with Crippen LogP contribution in [0.25, 0.3) is 11.4 Å². The first-order valence-corrected chi connectivity index (χ1v) is 8.74. The molecule has 6 nitrogen and oxygen atoms in total. The van der Waals surface area contributed by atoms with E-state index >= 15 is 0 Å². The van der Waals surface area contributed by atoms with E-state index in [1.165, 1.54) is 5.56 Å². The molecule has 0 aliphatic carbocycles. The number of nitrogens with one attached hydrogen (secondary N) is 1. The maximum absolute atomic E-state index is 12.3. The van der Waals surface area contributed by atoms with Gasteiger partial charge in [-0.05, 0) is 31.0 Å². The molecule has 6 heteroatoms. The lowest BCUT2D eigenvalue weighted by Crippen LogP contribution is -2.28. The van der Waals surface area contributed by atoms with Gasteiger partial charge in [-0.25, -0.2) is 0 Å². The number of aryl methyl sites for hydroxylation is 2. The van der Waals surface area contributed by atoms with Crippen LogP contribution in [0.15, 0.2) is 53.3 Å². The summed E-state index contributed by atoms with van der Waals surface area (Å²) in [7, 11) is 0. The van der Waals surface area contributed by atoms with Gasteiger partial charge in [0.1, 0.15) is 0 Å². The van der Waals surface area contributed by atoms with E-state index in [1.54, 1.807) is 12.4 Å². The minimum atomic E-state index is -0.0291. The number of carbonyl (C=O) groups excluding carboxylic acids is 1. The average molecular weight is 350 g/mol. The molecule has 3 rings (SSSR count). The number of nitrogens with zero attached hydrogens (tertiary/aromatic N) is 3. The molecule has 0 spiro atoms. The van der Waals surface area contributed by atoms with E-state index in [0.29, 0.717) is 24.6 Å². The van der Waals surface area contributed by atoms with Crippen LogP contribution in [0.3, 0.4) is 0 Å². The maximum Gasteiger partial charge on any atom is 0.227 e. The molecule has 26 heavy (non-hydrogen) atoms. The van der Waals surface area contributed by atoms with E-state index in [4.69, 9.17) is 4.52 Å². The van der Waals surface area contributed by atoms with Crippen molar-refractivity contribution in [2.75, 3.05) is 0 Å². The lowest BCUT2D eigenvalue weighted by Gasteiger charge is -2.17. The van der Waals surface area contributed by atoms with Crippen molar-refractivity contribution in [1.82, 2.24) is 20.4 Å². The van der Waals surface area contributed by atoms with Crippen LogP contribution in [-0.2, 0) is 11.2 Å². The summed E-state index contributed by atoms with van der Waals surface area (Å²) >= 11 is 0. The van der Waals surface area contributed by atoms with Gasteiger partial charge in [-0.15, -0.1) is 0 Å². The first kappa shape index (κ1) is 17.8. The van der Waals surface area contributed by atoms with Crippen molar-refractivity contribution in [1.29, 1.82) is 0 Å². The molecule has 0 bridgehead atoms. The van der Waals surface area contributed by atoms with Gasteiger partial charge in [0.25, 0.3) is 0 Å². The first-order chi connectivity index (χ1) is 12.7. The van der Waals surface area contributed by atoms with Gasteiger partial charge in [0.2, 0.25) is 17.6 Å². The molecule has 1 aromatic carbocycles. The van der Waals surface area contributed by atoms with Gasteiger partial charge in [0, 0.05) is 30.8 Å². The molecule has 0 fully saturated rings. The number of hydrogen-bond donors (Lipinski definition) is 1. The summed E-state index contributed by atoms with van der Waals surface area (Å²) in [6.07, 6.45) is 4.91. The molecule has 1 N–H and O–H groups in total. The topological polar surface area (TPSA) is 80.9 Å². The molecule has 1 unspecified atom stereocenters. The fraction of sp³-hybridized carbons (Fsp3) is 0.300. The van der Waals surface area contributed by atoms with E-state index in [9.17, 15) is 4.79 Å². The van der Waals surface area contributed by atoms with Crippen molar-refractivity contribution < 1.29 is 9.32 Å². The van der Waals surface area contributed by atoms with E-state index in [0.717, 1.165) is 17.5 Å². The van der Waals surface area contributed by atoms with Crippen molar-refractivity contribution in [3.8, 4) is 11.4 Å². The molecule has 0 radical (unpaired) electrons. The van der Waals surface area contributed by atoms with E-state index in [2.05, 4.69) is 51.6 Å². The Morgan fingerprint density at radius 2 is 2.04 bits per heavy atom. The Balaban J connectivity index is 1.55. The second-order valence-corrected chi connectivity index (χ2v) is 6.19. The zero-order chi connectivity index (χ0) is 18.4. The summed E-state index contributed by atoms with van der Waals surface area (Å²) in [5.41, 5.74) is 3.11. The van der Waals surface area contributed by atoms with Crippen molar-refractivity contribution >= 4 is 5.91 Å². The summed E-state index contributed by atoms with van der Waals surface area (Å²) in [5.74, 6) is 0.903. The Bertz CT molecular complexity index is 844. The molecule has 2 heterocycles. The van der Waals surface area contributed by atoms with Crippen LogP contribution in [-0.4, -0.2) is 21.0 Å². The normalized spacial score (nSPS) is 11.9. The molecular formula is C20H22N4O2. The van der Waals surface area contributed by atoms with Gasteiger partial charge in [-0.2, -0.15) is 4.98 Å². The minimum absolute atomic E-state index is 0.0109. The summed E-state index contributed by atoms with van der Waals surface area (Å²) in [6, 6.07) is 11.9. The summed E-state index contributed by atoms with van der Waals surface area (Å²) in [5, 5.41) is 7.01. The monoisotopic (exact) mass is 350 g/mol. The average Bonchev–Trinajstić information content (AvgIpc) is 3.15. The lowest BCUT2D eigenvalue weighted by molar-refractivity contribution is -0.121. The van der Waals surface area contributed by atoms with Crippen LogP contribution in [0.5, 0.6) is 0 Å². The molecule has 134 valence electrons. The highest BCUT2D eigenvalue weighted by atomic mass is 16.5. The van der Waals surface area contributed by atoms with E-state index in [1.807, 2.05) is 19.1 Å². The maximum atomic E-state index is 12.3. The molecule has 3 aromatic rings. The number of amides is 1. The number of hydrogen-bond acceptors (Lipinski definition) is 5. The number of pyridine rings is 1. The zero-order valence-electron chi connectivity index (χ0n) is 15.0. The molecule has 1 amide bonds. The fourth-order valence-corrected chi connectivity index (χ4v) is 2.68. The second-order valence-electron chi connectivity index (χ2n) is 6.19. The van der Waals surface area contributed by atoms with Crippen LogP contribution in [0.2, 0.25) is 0 Å². The van der Waals surface area contributed by atoms with Gasteiger partial charge in [0.15, 0.2) is 0 Å². The number of aromatic nitrogens is 3. The zero-order valence-corrected chi connectivity index (χ0v) is 15.0. The molecule has 0 saturated heterocycles. The first-order valence-electron chi connectivity index (χ1n) is 8.74. The van der Waals surface area contributed by atoms with Crippen molar-refractivity contribution in [3.05, 3.63) is 65.8 Å². The highest BCUT2D eigenvalue weighted by Gasteiger charge is 2.14. The fourth-order valence-electron chi connectivity index (χ4n) is 2.68. The van der Waals surface area contributed by atoms with E-state index in [-0.39, 0.29) is 11.9 Å². The smallest absolute Gasteiger partial charge is 0.227 e. The summed E-state index contributed by atoms with van der Waals surface area (Å²) in [6.45, 7) is 4.11. The third-order valence-electron chi connectivity index (χ3n) is 4.18. The number of rotatable bonds is 7. The summed E-state index contributed by atoms with van der Waals surface area (Å²) in [4.78, 5) is 20.6. The quantitative estimate of drug-likeness (QED) is 0.703. The van der Waals surface area contributed by atoms with Crippen LogP contribution >= 0.6 is 0 Å². The summed E-state index contributed by atoms with van der Waals surface area (Å²) < 4.78 is 5.23. The van der Waals surface area contributed by atoms with Crippen LogP contribution < -0.4 is 5.32 Å². The van der Waals surface area contributed by atoms with Crippen LogP contribution in [0.1, 0.15) is 42.8 Å². The Kier molecular flexibility index (Phi) is 5.73. The predicted octanol–water partition coefficient (Wildman–Crippen LogP) is 3.64. The third kappa shape index (κ3) is 4.53. The molecule has 0 saturated carbocycles. The third-order valence-corrected chi connectivity index (χ3v) is 4.18. The molecule has 1 atom stereocenters. The molecule has 2 aromatic heterocycles. The Morgan fingerprint density at radius 3 is 2.73 bits per heavy atom. The largest absolute Gasteiger partial charge is 0.349 e. The highest BCUT2D eigenvalue weighted by molar-refractivity contribution is 5.76. The van der Waals surface area contributed by atoms with Gasteiger partial charge in [-0.1, -0.05) is 41.9 Å². The second kappa shape index (κ2) is 8.38. The van der Waals surface area contributed by atoms with Gasteiger partial charge in [0.05, 0.1) is 6.04 Å². The van der Waals surface area contributed by atoms with Gasteiger partial charge in [-0.3, -0.25) is 9.78 Å². The predicted molar refractivity (Wildman–Crippen MR) is 98.2 cm³/mol. The highest BCUT2D eigenvalue weighted by Crippen LogP contribution is 2.18. The van der Waals surface area contributed by atoms with Gasteiger partial charge >= 0.3 is 0 Å². The molecule has 0 aliphatic rings. The number of carbonyl (C=O) groups is 1. The van der Waals surface area contributed by atoms with E-state index < -0.39 is 0 Å². The van der Waals surface area contributed by atoms with Crippen molar-refractivity contribution in [3.63, 3.8) is 0 Å². The lowest BCUT2D eigenvalue weighted by atomic mass is 10.0. The van der Waals surface area contributed by atoms with Gasteiger partial charge < -0.3 is 9.84 Å². The Labute approximate surface area is 152 Å². The van der Waals surface area contributed by atoms with Crippen molar-refractivity contribution in [2.45, 2.75) is 39.2 Å². The standard InChI is InChI=1S/C20H22N4O2/c1-3-17(15-8-6-14(2)7-9-15)22-18(25)10-11-19-23-20(24-26-19)16-5-4-12-21-13-16/h4-9,12-13,17H,3,10-11H2,1-2H3,(H,22,25). The molecular weight excluding hydrogens is 328 g/mol. The van der Waals surface area contributed by atoms with Crippen molar-refractivity contribution in [2.24, 2.45) is 0 Å².